The maximum absolute atomic E-state index is 5.81. The lowest BCUT2D eigenvalue weighted by atomic mass is 10.0. The summed E-state index contributed by atoms with van der Waals surface area (Å²) in [5.41, 5.74) is 1.77. The fourth-order valence-electron chi connectivity index (χ4n) is 3.14. The Morgan fingerprint density at radius 3 is 2.77 bits per heavy atom. The maximum Gasteiger partial charge on any atom is 0.226 e. The van der Waals surface area contributed by atoms with Gasteiger partial charge in [0.2, 0.25) is 5.89 Å². The summed E-state index contributed by atoms with van der Waals surface area (Å²) in [5.74, 6) is 2.05. The number of oxazole rings is 1. The van der Waals surface area contributed by atoms with Crippen LogP contribution in [0.4, 0.5) is 0 Å². The molecule has 0 unspecified atom stereocenters. The van der Waals surface area contributed by atoms with Crippen LogP contribution in [0.1, 0.15) is 31.9 Å². The van der Waals surface area contributed by atoms with E-state index >= 15 is 0 Å². The molecule has 0 amide bonds. The largest absolute Gasteiger partial charge is 0.444 e. The molecular weight excluding hydrogens is 495 g/mol. The summed E-state index contributed by atoms with van der Waals surface area (Å²) in [6, 6.07) is 9.88. The first-order chi connectivity index (χ1) is 14.3. The number of aliphatic imine (C=N–C) groups is 1. The monoisotopic (exact) mass is 528 g/mol. The van der Waals surface area contributed by atoms with E-state index in [1.807, 2.05) is 30.3 Å². The summed E-state index contributed by atoms with van der Waals surface area (Å²) in [5, 5.41) is 6.61. The number of ether oxygens (including phenoxy) is 2. The molecule has 0 saturated carbocycles. The molecule has 0 spiro atoms. The number of hydrogen-bond acceptors (Lipinski definition) is 5. The van der Waals surface area contributed by atoms with E-state index in [0.717, 1.165) is 76.0 Å². The highest BCUT2D eigenvalue weighted by atomic mass is 127. The number of nitrogens with zero attached hydrogens (tertiary/aromatic N) is 2. The lowest BCUT2D eigenvalue weighted by Gasteiger charge is -2.21. The summed E-state index contributed by atoms with van der Waals surface area (Å²) in [7, 11) is 0. The number of hydrogen-bond donors (Lipinski definition) is 2. The second-order valence-electron chi connectivity index (χ2n) is 7.12. The Morgan fingerprint density at radius 2 is 2.00 bits per heavy atom. The average molecular weight is 528 g/mol. The van der Waals surface area contributed by atoms with Gasteiger partial charge < -0.3 is 24.5 Å². The lowest BCUT2D eigenvalue weighted by Crippen LogP contribution is -2.38. The third-order valence-electron chi connectivity index (χ3n) is 4.77. The number of halogens is 1. The maximum atomic E-state index is 5.81. The van der Waals surface area contributed by atoms with Gasteiger partial charge in [0.15, 0.2) is 5.96 Å². The quantitative estimate of drug-likeness (QED) is 0.211. The van der Waals surface area contributed by atoms with Crippen LogP contribution in [0.15, 0.2) is 46.0 Å². The van der Waals surface area contributed by atoms with E-state index in [9.17, 15) is 0 Å². The minimum Gasteiger partial charge on any atom is -0.444 e. The van der Waals surface area contributed by atoms with Gasteiger partial charge in [0.05, 0.1) is 6.54 Å². The molecule has 30 heavy (non-hydrogen) atoms. The second-order valence-corrected chi connectivity index (χ2v) is 7.12. The molecule has 166 valence electrons. The molecule has 0 bridgehead atoms. The SMILES string of the molecule is CCNC(=NCc1coc(-c2ccccc2)n1)NCCCOCC1CCOCC1.I. The van der Waals surface area contributed by atoms with Crippen LogP contribution in [0.25, 0.3) is 11.5 Å². The highest BCUT2D eigenvalue weighted by molar-refractivity contribution is 14.0. The van der Waals surface area contributed by atoms with Crippen LogP contribution < -0.4 is 10.6 Å². The fraction of sp³-hybridized carbons (Fsp3) is 0.545. The highest BCUT2D eigenvalue weighted by Crippen LogP contribution is 2.18. The molecule has 0 atom stereocenters. The number of rotatable bonds is 10. The third kappa shape index (κ3) is 8.61. The van der Waals surface area contributed by atoms with Crippen molar-refractivity contribution in [2.24, 2.45) is 10.9 Å². The molecule has 3 rings (SSSR count). The van der Waals surface area contributed by atoms with Gasteiger partial charge in [0, 0.05) is 45.1 Å². The molecule has 7 nitrogen and oxygen atoms in total. The van der Waals surface area contributed by atoms with E-state index in [1.54, 1.807) is 6.26 Å². The molecule has 1 saturated heterocycles. The van der Waals surface area contributed by atoms with Crippen molar-refractivity contribution in [3.63, 3.8) is 0 Å². The van der Waals surface area contributed by atoms with Gasteiger partial charge in [-0.1, -0.05) is 18.2 Å². The van der Waals surface area contributed by atoms with Crippen molar-refractivity contribution in [1.82, 2.24) is 15.6 Å². The Labute approximate surface area is 196 Å². The molecule has 1 aromatic carbocycles. The van der Waals surface area contributed by atoms with Gasteiger partial charge in [-0.05, 0) is 44.2 Å². The number of nitrogens with one attached hydrogen (secondary N) is 2. The third-order valence-corrected chi connectivity index (χ3v) is 4.77. The number of benzene rings is 1. The van der Waals surface area contributed by atoms with Gasteiger partial charge in [-0.3, -0.25) is 0 Å². The Bertz CT molecular complexity index is 733. The molecule has 1 aliphatic heterocycles. The van der Waals surface area contributed by atoms with Crippen molar-refractivity contribution in [3.05, 3.63) is 42.3 Å². The molecule has 1 fully saturated rings. The predicted molar refractivity (Wildman–Crippen MR) is 129 cm³/mol. The molecule has 2 heterocycles. The number of guanidine groups is 1. The summed E-state index contributed by atoms with van der Waals surface area (Å²) >= 11 is 0. The first-order valence-electron chi connectivity index (χ1n) is 10.5. The van der Waals surface area contributed by atoms with E-state index in [4.69, 9.17) is 13.9 Å². The van der Waals surface area contributed by atoms with Gasteiger partial charge in [-0.15, -0.1) is 24.0 Å². The molecule has 8 heteroatoms. The average Bonchev–Trinajstić information content (AvgIpc) is 3.25. The molecule has 1 aliphatic rings. The number of aromatic nitrogens is 1. The van der Waals surface area contributed by atoms with E-state index in [2.05, 4.69) is 27.5 Å². The Balaban J connectivity index is 0.00000320. The van der Waals surface area contributed by atoms with Gasteiger partial charge in [-0.2, -0.15) is 0 Å². The van der Waals surface area contributed by atoms with Crippen LogP contribution in [0.5, 0.6) is 0 Å². The zero-order valence-electron chi connectivity index (χ0n) is 17.6. The standard InChI is InChI=1S/C22H32N4O3.HI/c1-2-23-22(24-11-6-12-28-16-18-9-13-27-14-10-18)25-15-20-17-29-21(26-20)19-7-4-3-5-8-19;/h3-5,7-8,17-18H,2,6,9-16H2,1H3,(H2,23,24,25);1H. The zero-order chi connectivity index (χ0) is 20.2. The fourth-order valence-corrected chi connectivity index (χ4v) is 3.14. The second kappa shape index (κ2) is 14.4. The topological polar surface area (TPSA) is 80.9 Å². The van der Waals surface area contributed by atoms with Crippen molar-refractivity contribution in [1.29, 1.82) is 0 Å². The van der Waals surface area contributed by atoms with Crippen LogP contribution in [0.3, 0.4) is 0 Å². The van der Waals surface area contributed by atoms with E-state index in [-0.39, 0.29) is 24.0 Å². The van der Waals surface area contributed by atoms with E-state index in [0.29, 0.717) is 18.4 Å². The van der Waals surface area contributed by atoms with Crippen molar-refractivity contribution in [2.45, 2.75) is 32.7 Å². The van der Waals surface area contributed by atoms with Crippen molar-refractivity contribution in [2.75, 3.05) is 39.5 Å². The van der Waals surface area contributed by atoms with Gasteiger partial charge in [0.1, 0.15) is 12.0 Å². The first kappa shape index (κ1) is 24.6. The van der Waals surface area contributed by atoms with Gasteiger partial charge in [0.25, 0.3) is 0 Å². The molecule has 2 N–H and O–H groups in total. The molecular formula is C22H33IN4O3. The highest BCUT2D eigenvalue weighted by Gasteiger charge is 2.13. The minimum absolute atomic E-state index is 0. The van der Waals surface area contributed by atoms with Gasteiger partial charge in [-0.25, -0.2) is 9.98 Å². The first-order valence-corrected chi connectivity index (χ1v) is 10.5. The van der Waals surface area contributed by atoms with E-state index in [1.165, 1.54) is 0 Å². The minimum atomic E-state index is 0. The smallest absolute Gasteiger partial charge is 0.226 e. The molecule has 1 aromatic heterocycles. The summed E-state index contributed by atoms with van der Waals surface area (Å²) < 4.78 is 16.8. The van der Waals surface area contributed by atoms with Crippen molar-refractivity contribution < 1.29 is 13.9 Å². The molecule has 2 aromatic rings. The summed E-state index contributed by atoms with van der Waals surface area (Å²) in [4.78, 5) is 9.12. The van der Waals surface area contributed by atoms with Crippen LogP contribution >= 0.6 is 24.0 Å². The predicted octanol–water partition coefficient (Wildman–Crippen LogP) is 3.85. The van der Waals surface area contributed by atoms with Crippen LogP contribution in [-0.4, -0.2) is 50.5 Å². The Morgan fingerprint density at radius 1 is 1.20 bits per heavy atom. The van der Waals surface area contributed by atoms with Crippen LogP contribution in [0, 0.1) is 5.92 Å². The molecule has 0 aliphatic carbocycles. The van der Waals surface area contributed by atoms with Gasteiger partial charge >= 0.3 is 0 Å². The Kier molecular flexibility index (Phi) is 11.8. The molecule has 0 radical (unpaired) electrons. The lowest BCUT2D eigenvalue weighted by molar-refractivity contribution is 0.0203. The Hall–Kier alpha value is -1.65. The zero-order valence-corrected chi connectivity index (χ0v) is 20.0. The van der Waals surface area contributed by atoms with Crippen molar-refractivity contribution in [3.8, 4) is 11.5 Å². The van der Waals surface area contributed by atoms with E-state index < -0.39 is 0 Å². The van der Waals surface area contributed by atoms with Crippen LogP contribution in [-0.2, 0) is 16.0 Å². The summed E-state index contributed by atoms with van der Waals surface area (Å²) in [6.07, 6.45) is 4.84. The van der Waals surface area contributed by atoms with Crippen molar-refractivity contribution >= 4 is 29.9 Å². The van der Waals surface area contributed by atoms with Crippen LogP contribution in [0.2, 0.25) is 0 Å². The normalized spacial score (nSPS) is 14.9. The summed E-state index contributed by atoms with van der Waals surface area (Å²) in [6.45, 7) is 7.48.